The van der Waals surface area contributed by atoms with Crippen molar-refractivity contribution in [3.05, 3.63) is 71.5 Å². The molecular weight excluding hydrogens is 339 g/mol. The average Bonchev–Trinajstić information content (AvgIpc) is 2.84. The van der Waals surface area contributed by atoms with E-state index in [0.29, 0.717) is 0 Å². The Kier molecular flexibility index (Phi) is 4.29. The van der Waals surface area contributed by atoms with Gasteiger partial charge in [-0.3, -0.25) is 4.98 Å². The van der Waals surface area contributed by atoms with Crippen LogP contribution in [0.2, 0.25) is 0 Å². The number of aromatic nitrogens is 1. The lowest BCUT2D eigenvalue weighted by Gasteiger charge is -2.31. The van der Waals surface area contributed by atoms with Crippen molar-refractivity contribution >= 4 is 5.57 Å². The number of pyridine rings is 1. The lowest BCUT2D eigenvalue weighted by atomic mass is 9.93. The number of fused-ring (bicyclic) bond motifs is 3. The largest absolute Gasteiger partial charge is 0.360 e. The Hall–Kier alpha value is -2.46. The van der Waals surface area contributed by atoms with Gasteiger partial charge in [-0.1, -0.05) is 18.2 Å². The molecule has 138 valence electrons. The second-order valence-electron chi connectivity index (χ2n) is 7.62. The summed E-state index contributed by atoms with van der Waals surface area (Å²) in [6.07, 6.45) is 13.3. The van der Waals surface area contributed by atoms with Crippen LogP contribution in [0.25, 0.3) is 16.7 Å². The molecule has 0 amide bonds. The molecular formula is C23H23FN2O. The lowest BCUT2D eigenvalue weighted by molar-refractivity contribution is -0.0520. The van der Waals surface area contributed by atoms with E-state index in [1.54, 1.807) is 6.08 Å². The molecule has 0 bridgehead atoms. The van der Waals surface area contributed by atoms with E-state index in [9.17, 15) is 4.39 Å². The van der Waals surface area contributed by atoms with E-state index in [2.05, 4.69) is 34.6 Å². The van der Waals surface area contributed by atoms with Gasteiger partial charge in [0.05, 0.1) is 6.10 Å². The Balaban J connectivity index is 1.42. The summed E-state index contributed by atoms with van der Waals surface area (Å²) in [7, 11) is 0. The minimum atomic E-state index is -0.641. The molecule has 0 saturated heterocycles. The Morgan fingerprint density at radius 3 is 2.74 bits per heavy atom. The fraction of sp³-hybridized carbons (Fsp3) is 0.348. The number of ether oxygens (including phenoxy) is 1. The van der Waals surface area contributed by atoms with E-state index >= 15 is 0 Å². The highest BCUT2D eigenvalue weighted by Crippen LogP contribution is 2.35. The summed E-state index contributed by atoms with van der Waals surface area (Å²) in [6, 6.07) is 8.54. The summed E-state index contributed by atoms with van der Waals surface area (Å²) in [5, 5.41) is 3.09. The molecule has 1 aromatic heterocycles. The summed E-state index contributed by atoms with van der Waals surface area (Å²) in [6.45, 7) is 0. The molecule has 2 heterocycles. The Morgan fingerprint density at radius 2 is 1.93 bits per heavy atom. The molecule has 1 aliphatic heterocycles. The molecule has 1 aromatic carbocycles. The molecule has 2 aliphatic carbocycles. The van der Waals surface area contributed by atoms with Crippen molar-refractivity contribution in [1.82, 2.24) is 10.3 Å². The molecule has 4 heteroatoms. The SMILES string of the molecule is FC1=CC(c2ccc3c(c2)CCCc2ccncc2-3)=CNC1OC1CCC1. The van der Waals surface area contributed by atoms with Gasteiger partial charge in [-0.25, -0.2) is 4.39 Å². The highest BCUT2D eigenvalue weighted by molar-refractivity contribution is 5.79. The van der Waals surface area contributed by atoms with Crippen molar-refractivity contribution in [3.63, 3.8) is 0 Å². The van der Waals surface area contributed by atoms with Crippen molar-refractivity contribution in [2.24, 2.45) is 0 Å². The molecule has 1 fully saturated rings. The molecule has 1 atom stereocenters. The molecule has 2 aromatic rings. The lowest BCUT2D eigenvalue weighted by Crippen LogP contribution is -2.37. The van der Waals surface area contributed by atoms with Crippen molar-refractivity contribution in [3.8, 4) is 11.1 Å². The van der Waals surface area contributed by atoms with E-state index in [-0.39, 0.29) is 11.9 Å². The van der Waals surface area contributed by atoms with Gasteiger partial charge in [-0.15, -0.1) is 0 Å². The summed E-state index contributed by atoms with van der Waals surface area (Å²) in [4.78, 5) is 4.31. The Bertz CT molecular complexity index is 930. The van der Waals surface area contributed by atoms with Crippen LogP contribution in [0.3, 0.4) is 0 Å². The van der Waals surface area contributed by atoms with Gasteiger partial charge in [0.1, 0.15) is 5.83 Å². The zero-order chi connectivity index (χ0) is 18.2. The summed E-state index contributed by atoms with van der Waals surface area (Å²) >= 11 is 0. The van der Waals surface area contributed by atoms with Crippen LogP contribution in [0, 0.1) is 0 Å². The van der Waals surface area contributed by atoms with Crippen LogP contribution >= 0.6 is 0 Å². The van der Waals surface area contributed by atoms with E-state index in [1.165, 1.54) is 28.7 Å². The number of allylic oxidation sites excluding steroid dienone is 2. The summed E-state index contributed by atoms with van der Waals surface area (Å²) in [5.41, 5.74) is 7.03. The molecule has 1 unspecified atom stereocenters. The van der Waals surface area contributed by atoms with Crippen LogP contribution < -0.4 is 5.32 Å². The summed E-state index contributed by atoms with van der Waals surface area (Å²) < 4.78 is 20.3. The zero-order valence-electron chi connectivity index (χ0n) is 15.2. The molecule has 27 heavy (non-hydrogen) atoms. The molecule has 1 saturated carbocycles. The maximum atomic E-state index is 14.5. The predicted molar refractivity (Wildman–Crippen MR) is 105 cm³/mol. The Labute approximate surface area is 159 Å². The molecule has 3 nitrogen and oxygen atoms in total. The van der Waals surface area contributed by atoms with Crippen molar-refractivity contribution in [1.29, 1.82) is 0 Å². The van der Waals surface area contributed by atoms with Crippen molar-refractivity contribution in [2.75, 3.05) is 0 Å². The van der Waals surface area contributed by atoms with E-state index in [4.69, 9.17) is 4.74 Å². The van der Waals surface area contributed by atoms with E-state index < -0.39 is 6.23 Å². The van der Waals surface area contributed by atoms with Gasteiger partial charge in [0.2, 0.25) is 0 Å². The van der Waals surface area contributed by atoms with Crippen molar-refractivity contribution in [2.45, 2.75) is 50.9 Å². The normalized spacial score (nSPS) is 21.7. The van der Waals surface area contributed by atoms with Crippen molar-refractivity contribution < 1.29 is 9.13 Å². The number of dihydropyridines is 1. The number of nitrogens with one attached hydrogen (secondary N) is 1. The third-order valence-electron chi connectivity index (χ3n) is 5.85. The maximum absolute atomic E-state index is 14.5. The monoisotopic (exact) mass is 362 g/mol. The first kappa shape index (κ1) is 16.7. The molecule has 1 N–H and O–H groups in total. The second-order valence-corrected chi connectivity index (χ2v) is 7.62. The smallest absolute Gasteiger partial charge is 0.180 e. The average molecular weight is 362 g/mol. The van der Waals surface area contributed by atoms with Gasteiger partial charge in [0, 0.05) is 29.7 Å². The highest BCUT2D eigenvalue weighted by Gasteiger charge is 2.26. The number of benzene rings is 1. The van der Waals surface area contributed by atoms with Crippen LogP contribution in [0.4, 0.5) is 4.39 Å². The number of aryl methyl sites for hydroxylation is 2. The van der Waals surface area contributed by atoms with Gasteiger partial charge in [0.25, 0.3) is 0 Å². The number of halogens is 1. The van der Waals surface area contributed by atoms with Crippen LogP contribution in [-0.4, -0.2) is 17.3 Å². The third-order valence-corrected chi connectivity index (χ3v) is 5.85. The Morgan fingerprint density at radius 1 is 1.04 bits per heavy atom. The first-order valence-electron chi connectivity index (χ1n) is 9.83. The minimum Gasteiger partial charge on any atom is -0.360 e. The fourth-order valence-corrected chi connectivity index (χ4v) is 4.08. The standard InChI is InChI=1S/C23H23FN2O/c24-22-12-18(13-26-23(22)27-19-5-2-6-19)16-7-8-20-17(11-16)4-1-3-15-9-10-25-14-21(15)20/h7-14,19,23,26H,1-6H2. The first-order valence-corrected chi connectivity index (χ1v) is 9.83. The maximum Gasteiger partial charge on any atom is 0.180 e. The minimum absolute atomic E-state index is 0.192. The number of nitrogens with zero attached hydrogens (tertiary/aromatic N) is 1. The molecule has 0 radical (unpaired) electrons. The first-order chi connectivity index (χ1) is 13.3. The number of hydrogen-bond acceptors (Lipinski definition) is 3. The van der Waals surface area contributed by atoms with Crippen LogP contribution in [-0.2, 0) is 17.6 Å². The van der Waals surface area contributed by atoms with E-state index in [1.807, 2.05) is 18.6 Å². The van der Waals surface area contributed by atoms with Crippen LogP contribution in [0.1, 0.15) is 42.4 Å². The molecule has 0 spiro atoms. The zero-order valence-corrected chi connectivity index (χ0v) is 15.2. The van der Waals surface area contributed by atoms with Crippen LogP contribution in [0.15, 0.2) is 54.8 Å². The summed E-state index contributed by atoms with van der Waals surface area (Å²) in [5.74, 6) is -0.246. The highest BCUT2D eigenvalue weighted by atomic mass is 19.1. The number of hydrogen-bond donors (Lipinski definition) is 1. The molecule has 5 rings (SSSR count). The molecule has 3 aliphatic rings. The van der Waals surface area contributed by atoms with Crippen LogP contribution in [0.5, 0.6) is 0 Å². The predicted octanol–water partition coefficient (Wildman–Crippen LogP) is 4.93. The topological polar surface area (TPSA) is 34.2 Å². The third kappa shape index (κ3) is 3.19. The van der Waals surface area contributed by atoms with Gasteiger partial charge >= 0.3 is 0 Å². The van der Waals surface area contributed by atoms with Gasteiger partial charge < -0.3 is 10.1 Å². The number of rotatable bonds is 3. The fourth-order valence-electron chi connectivity index (χ4n) is 4.08. The van der Waals surface area contributed by atoms with Gasteiger partial charge in [-0.05, 0) is 72.9 Å². The quantitative estimate of drug-likeness (QED) is 0.841. The van der Waals surface area contributed by atoms with Gasteiger partial charge in [0.15, 0.2) is 6.23 Å². The second kappa shape index (κ2) is 6.93. The van der Waals surface area contributed by atoms with E-state index in [0.717, 1.165) is 43.2 Å². The van der Waals surface area contributed by atoms with Gasteiger partial charge in [-0.2, -0.15) is 0 Å².